The fourth-order valence-corrected chi connectivity index (χ4v) is 5.00. The Kier molecular flexibility index (Phi) is 11.3. The second-order valence-electron chi connectivity index (χ2n) is 8.48. The molecule has 0 bridgehead atoms. The molecule has 3 rings (SSSR count). The van der Waals surface area contributed by atoms with Crippen molar-refractivity contribution in [2.45, 2.75) is 51.3 Å². The summed E-state index contributed by atoms with van der Waals surface area (Å²) in [6.07, 6.45) is 8.72. The summed E-state index contributed by atoms with van der Waals surface area (Å²) in [5.74, 6) is 0.868. The molecule has 0 saturated heterocycles. The highest BCUT2D eigenvalue weighted by atomic mass is 35.5. The van der Waals surface area contributed by atoms with E-state index in [1.54, 1.807) is 13.0 Å². The van der Waals surface area contributed by atoms with Crippen LogP contribution < -0.4 is 4.74 Å². The first-order valence-corrected chi connectivity index (χ1v) is 12.1. The molecule has 2 N–H and O–H groups in total. The van der Waals surface area contributed by atoms with Crippen molar-refractivity contribution >= 4 is 39.9 Å². The van der Waals surface area contributed by atoms with Gasteiger partial charge in [0, 0.05) is 33.9 Å². The quantitative estimate of drug-likeness (QED) is 0.219. The average molecular weight is 493 g/mol. The van der Waals surface area contributed by atoms with Gasteiger partial charge in [-0.2, -0.15) is 0 Å². The molecule has 1 saturated carbocycles. The summed E-state index contributed by atoms with van der Waals surface area (Å²) in [4.78, 5) is 10.9. The predicted octanol–water partition coefficient (Wildman–Crippen LogP) is 7.26. The minimum Gasteiger partial charge on any atom is -0.493 e. The first-order chi connectivity index (χ1) is 15.9. The van der Waals surface area contributed by atoms with Crippen LogP contribution in [-0.4, -0.2) is 35.3 Å². The summed E-state index contributed by atoms with van der Waals surface area (Å²) in [6.45, 7) is 4.32. The molecular weight excluding hydrogens is 459 g/mol. The monoisotopic (exact) mass is 492 g/mol. The van der Waals surface area contributed by atoms with Crippen molar-refractivity contribution in [2.24, 2.45) is 11.8 Å². The van der Waals surface area contributed by atoms with Crippen molar-refractivity contribution in [2.75, 3.05) is 13.7 Å². The van der Waals surface area contributed by atoms with Crippen LogP contribution in [0.5, 0.6) is 5.75 Å². The number of alkyl halides is 1. The number of hydrogen-bond donors (Lipinski definition) is 2. The largest absolute Gasteiger partial charge is 0.493 e. The summed E-state index contributed by atoms with van der Waals surface area (Å²) in [5.41, 5.74) is 1.54. The van der Waals surface area contributed by atoms with E-state index in [-0.39, 0.29) is 5.38 Å². The molecule has 0 aromatic heterocycles. The Hall–Kier alpha value is -2.01. The number of aliphatic hydroxyl groups excluding tert-OH is 1. The van der Waals surface area contributed by atoms with Gasteiger partial charge >= 0.3 is 5.97 Å². The molecule has 1 aliphatic rings. The van der Waals surface area contributed by atoms with Crippen molar-refractivity contribution < 1.29 is 19.7 Å². The summed E-state index contributed by atoms with van der Waals surface area (Å²) >= 11 is 13.0. The molecule has 3 atom stereocenters. The number of fused-ring (bicyclic) bond motifs is 1. The van der Waals surface area contributed by atoms with Gasteiger partial charge in [0.15, 0.2) is 0 Å². The van der Waals surface area contributed by atoms with E-state index in [1.165, 1.54) is 5.57 Å². The Balaban J connectivity index is 0.00000187. The second-order valence-corrected chi connectivity index (χ2v) is 9.45. The molecule has 180 valence electrons. The van der Waals surface area contributed by atoms with Crippen molar-refractivity contribution in [1.82, 2.24) is 0 Å². The maximum Gasteiger partial charge on any atom is 0.331 e. The van der Waals surface area contributed by atoms with Crippen molar-refractivity contribution in [3.05, 3.63) is 64.7 Å². The van der Waals surface area contributed by atoms with Crippen LogP contribution in [0, 0.1) is 11.8 Å². The number of allylic oxidation sites excluding steroid dienone is 3. The molecule has 0 heterocycles. The zero-order valence-electron chi connectivity index (χ0n) is 19.6. The minimum atomic E-state index is -0.878. The van der Waals surface area contributed by atoms with Gasteiger partial charge in [-0.05, 0) is 69.9 Å². The van der Waals surface area contributed by atoms with Crippen LogP contribution in [0.4, 0.5) is 0 Å². The van der Waals surface area contributed by atoms with Gasteiger partial charge in [0.25, 0.3) is 0 Å². The van der Waals surface area contributed by atoms with E-state index in [9.17, 15) is 4.79 Å². The number of carboxylic acid groups (broad SMARTS) is 1. The standard InChI is InChI=1S/C26H30Cl2O3.CH4O/c1-17(10-11-18(2)26(29)30)6-5-9-20-19(12-13-23(20)27)16-31-25-15-14-24(28)21-7-3-4-8-22(21)25;1-2/h3-4,7-8,10-11,14-15,19-20,23H,5-6,9,12-13,16H2,1-2H3,(H,29,30);2H,1H3/b17-10+,18-11+;/t19?,20-,23?;/m1./s1. The molecular formula is C27H34Cl2O4. The number of benzene rings is 2. The van der Waals surface area contributed by atoms with E-state index < -0.39 is 5.97 Å². The van der Waals surface area contributed by atoms with E-state index >= 15 is 0 Å². The lowest BCUT2D eigenvalue weighted by molar-refractivity contribution is -0.132. The summed E-state index contributed by atoms with van der Waals surface area (Å²) in [6, 6.07) is 11.9. The zero-order valence-corrected chi connectivity index (χ0v) is 21.1. The Bertz CT molecular complexity index is 983. The van der Waals surface area contributed by atoms with Crippen LogP contribution in [0.3, 0.4) is 0 Å². The van der Waals surface area contributed by atoms with Crippen molar-refractivity contribution in [3.8, 4) is 5.75 Å². The number of ether oxygens (including phenoxy) is 1. The zero-order chi connectivity index (χ0) is 24.4. The van der Waals surface area contributed by atoms with E-state index in [1.807, 2.05) is 49.4 Å². The molecule has 0 aliphatic heterocycles. The first-order valence-electron chi connectivity index (χ1n) is 11.3. The average Bonchev–Trinajstić information content (AvgIpc) is 3.17. The number of aliphatic carboxylic acids is 1. The first kappa shape index (κ1) is 27.2. The molecule has 0 spiro atoms. The molecule has 2 aromatic rings. The third-order valence-electron chi connectivity index (χ3n) is 6.23. The normalized spacial score (nSPS) is 21.0. The van der Waals surface area contributed by atoms with Crippen LogP contribution in [0.15, 0.2) is 59.7 Å². The van der Waals surface area contributed by atoms with Gasteiger partial charge in [-0.3, -0.25) is 0 Å². The molecule has 33 heavy (non-hydrogen) atoms. The number of aliphatic hydroxyl groups is 1. The summed E-state index contributed by atoms with van der Waals surface area (Å²) < 4.78 is 6.26. The highest BCUT2D eigenvalue weighted by molar-refractivity contribution is 6.35. The molecule has 2 aromatic carbocycles. The Labute approximate surface area is 206 Å². The second kappa shape index (κ2) is 13.6. The number of hydrogen-bond acceptors (Lipinski definition) is 3. The SMILES string of the molecule is C/C(=C\C=C(/C)C(=O)O)CCC[C@H]1C(Cl)CCC1COc1ccc(Cl)c2ccccc12.CO. The highest BCUT2D eigenvalue weighted by Gasteiger charge is 2.34. The van der Waals surface area contributed by atoms with E-state index in [0.717, 1.165) is 60.8 Å². The lowest BCUT2D eigenvalue weighted by atomic mass is 9.90. The lowest BCUT2D eigenvalue weighted by Crippen LogP contribution is -2.21. The van der Waals surface area contributed by atoms with Gasteiger partial charge in [-0.25, -0.2) is 4.79 Å². The number of carboxylic acids is 1. The highest BCUT2D eigenvalue weighted by Crippen LogP contribution is 2.40. The number of carbonyl (C=O) groups is 1. The molecule has 0 amide bonds. The predicted molar refractivity (Wildman–Crippen MR) is 137 cm³/mol. The molecule has 1 fully saturated rings. The molecule has 4 nitrogen and oxygen atoms in total. The van der Waals surface area contributed by atoms with Crippen LogP contribution >= 0.6 is 23.2 Å². The number of halogens is 2. The van der Waals surface area contributed by atoms with E-state index in [4.69, 9.17) is 38.2 Å². The third-order valence-corrected chi connectivity index (χ3v) is 7.10. The lowest BCUT2D eigenvalue weighted by Gasteiger charge is -2.22. The van der Waals surface area contributed by atoms with Gasteiger partial charge in [0.2, 0.25) is 0 Å². The fourth-order valence-electron chi connectivity index (χ4n) is 4.32. The summed E-state index contributed by atoms with van der Waals surface area (Å²) in [5, 5.41) is 18.9. The van der Waals surface area contributed by atoms with E-state index in [0.29, 0.717) is 24.0 Å². The molecule has 2 unspecified atom stereocenters. The van der Waals surface area contributed by atoms with Crippen molar-refractivity contribution in [1.29, 1.82) is 0 Å². The maximum absolute atomic E-state index is 10.9. The Morgan fingerprint density at radius 2 is 1.79 bits per heavy atom. The number of rotatable bonds is 9. The van der Waals surface area contributed by atoms with Gasteiger partial charge in [-0.1, -0.05) is 53.6 Å². The van der Waals surface area contributed by atoms with Gasteiger partial charge in [0.05, 0.1) is 6.61 Å². The van der Waals surface area contributed by atoms with Gasteiger partial charge in [0.1, 0.15) is 5.75 Å². The Morgan fingerprint density at radius 3 is 2.48 bits per heavy atom. The van der Waals surface area contributed by atoms with Crippen LogP contribution in [0.2, 0.25) is 5.02 Å². The molecule has 1 aliphatic carbocycles. The van der Waals surface area contributed by atoms with Crippen LogP contribution in [-0.2, 0) is 4.79 Å². The third kappa shape index (κ3) is 7.77. The molecule has 0 radical (unpaired) electrons. The van der Waals surface area contributed by atoms with Gasteiger partial charge in [-0.15, -0.1) is 11.6 Å². The minimum absolute atomic E-state index is 0.189. The van der Waals surface area contributed by atoms with Crippen LogP contribution in [0.25, 0.3) is 10.8 Å². The smallest absolute Gasteiger partial charge is 0.331 e. The maximum atomic E-state index is 10.9. The molecule has 6 heteroatoms. The van der Waals surface area contributed by atoms with Gasteiger partial charge < -0.3 is 14.9 Å². The fraction of sp³-hybridized carbons (Fsp3) is 0.444. The topological polar surface area (TPSA) is 66.8 Å². The Morgan fingerprint density at radius 1 is 1.09 bits per heavy atom. The van der Waals surface area contributed by atoms with Crippen molar-refractivity contribution in [3.63, 3.8) is 0 Å². The van der Waals surface area contributed by atoms with E-state index in [2.05, 4.69) is 0 Å². The summed E-state index contributed by atoms with van der Waals surface area (Å²) in [7, 11) is 1.00. The van der Waals surface area contributed by atoms with Crippen LogP contribution in [0.1, 0.15) is 46.0 Å².